The van der Waals surface area contributed by atoms with Gasteiger partial charge in [-0.15, -0.1) is 0 Å². The van der Waals surface area contributed by atoms with Gasteiger partial charge in [-0.25, -0.2) is 4.98 Å². The Hall–Kier alpha value is -4.26. The predicted molar refractivity (Wildman–Crippen MR) is 131 cm³/mol. The molecule has 0 unspecified atom stereocenters. The van der Waals surface area contributed by atoms with E-state index in [1.54, 1.807) is 54.1 Å². The number of anilines is 1. The minimum atomic E-state index is -0.120. The molecule has 0 bridgehead atoms. The average molecular weight is 454 g/mol. The SMILES string of the molecule is Cc1ccccc1CN(Cc1cccnc1)C(=O)c1cccc(NC(=O)CCn2ccnc2)c1. The number of amides is 2. The number of carbonyl (C=O) groups excluding carboxylic acids is 2. The van der Waals surface area contributed by atoms with Gasteiger partial charge >= 0.3 is 0 Å². The Morgan fingerprint density at radius 1 is 0.971 bits per heavy atom. The van der Waals surface area contributed by atoms with Crippen LogP contribution in [0.1, 0.15) is 33.5 Å². The topological polar surface area (TPSA) is 80.1 Å². The van der Waals surface area contributed by atoms with Crippen LogP contribution in [0.2, 0.25) is 0 Å². The first-order valence-corrected chi connectivity index (χ1v) is 11.2. The predicted octanol–water partition coefficient (Wildman–Crippen LogP) is 4.46. The molecule has 0 radical (unpaired) electrons. The fraction of sp³-hybridized carbons (Fsp3) is 0.185. The van der Waals surface area contributed by atoms with Crippen molar-refractivity contribution in [3.63, 3.8) is 0 Å². The Bertz CT molecular complexity index is 1240. The average Bonchev–Trinajstić information content (AvgIpc) is 3.38. The van der Waals surface area contributed by atoms with Crippen molar-refractivity contribution in [2.75, 3.05) is 5.32 Å². The molecule has 4 aromatic rings. The lowest BCUT2D eigenvalue weighted by molar-refractivity contribution is -0.116. The largest absolute Gasteiger partial charge is 0.337 e. The van der Waals surface area contributed by atoms with Crippen LogP contribution in [0, 0.1) is 6.92 Å². The number of nitrogens with zero attached hydrogens (tertiary/aromatic N) is 4. The second-order valence-electron chi connectivity index (χ2n) is 8.13. The van der Waals surface area contributed by atoms with Crippen molar-refractivity contribution in [1.29, 1.82) is 0 Å². The van der Waals surface area contributed by atoms with Crippen LogP contribution < -0.4 is 5.32 Å². The molecule has 2 aromatic carbocycles. The third-order valence-electron chi connectivity index (χ3n) is 5.56. The van der Waals surface area contributed by atoms with E-state index in [2.05, 4.69) is 15.3 Å². The summed E-state index contributed by atoms with van der Waals surface area (Å²) in [6.07, 6.45) is 8.98. The Kier molecular flexibility index (Phi) is 7.45. The molecule has 7 heteroatoms. The molecule has 0 aliphatic carbocycles. The smallest absolute Gasteiger partial charge is 0.254 e. The normalized spacial score (nSPS) is 10.6. The maximum atomic E-state index is 13.6. The zero-order chi connectivity index (χ0) is 23.8. The van der Waals surface area contributed by atoms with E-state index in [1.165, 1.54) is 0 Å². The van der Waals surface area contributed by atoms with Gasteiger partial charge in [-0.3, -0.25) is 14.6 Å². The first-order valence-electron chi connectivity index (χ1n) is 11.2. The summed E-state index contributed by atoms with van der Waals surface area (Å²) in [6.45, 7) is 3.49. The molecule has 0 fully saturated rings. The van der Waals surface area contributed by atoms with Crippen LogP contribution in [0.15, 0.2) is 91.8 Å². The fourth-order valence-corrected chi connectivity index (χ4v) is 3.69. The number of nitrogens with one attached hydrogen (secondary N) is 1. The van der Waals surface area contributed by atoms with Gasteiger partial charge in [0.1, 0.15) is 0 Å². The highest BCUT2D eigenvalue weighted by Crippen LogP contribution is 2.19. The third kappa shape index (κ3) is 6.16. The lowest BCUT2D eigenvalue weighted by Crippen LogP contribution is -2.30. The summed E-state index contributed by atoms with van der Waals surface area (Å²) in [6, 6.07) is 19.0. The molecular weight excluding hydrogens is 426 g/mol. The van der Waals surface area contributed by atoms with Crippen LogP contribution in [0.25, 0.3) is 0 Å². The summed E-state index contributed by atoms with van der Waals surface area (Å²) in [5.74, 6) is -0.230. The van der Waals surface area contributed by atoms with Crippen LogP contribution in [-0.4, -0.2) is 31.2 Å². The third-order valence-corrected chi connectivity index (χ3v) is 5.56. The number of carbonyl (C=O) groups is 2. The molecule has 2 heterocycles. The molecule has 0 spiro atoms. The Morgan fingerprint density at radius 2 is 1.85 bits per heavy atom. The van der Waals surface area contributed by atoms with Crippen molar-refractivity contribution < 1.29 is 9.59 Å². The molecule has 0 saturated carbocycles. The summed E-state index contributed by atoms with van der Waals surface area (Å²) in [4.78, 5) is 35.9. The molecule has 7 nitrogen and oxygen atoms in total. The van der Waals surface area contributed by atoms with Crippen molar-refractivity contribution in [3.05, 3.63) is 114 Å². The van der Waals surface area contributed by atoms with E-state index in [1.807, 2.05) is 54.1 Å². The Balaban J connectivity index is 1.49. The second-order valence-corrected chi connectivity index (χ2v) is 8.13. The first-order chi connectivity index (χ1) is 16.6. The monoisotopic (exact) mass is 453 g/mol. The minimum Gasteiger partial charge on any atom is -0.337 e. The molecule has 0 aliphatic heterocycles. The highest BCUT2D eigenvalue weighted by molar-refractivity contribution is 5.97. The summed E-state index contributed by atoms with van der Waals surface area (Å²) >= 11 is 0. The van der Waals surface area contributed by atoms with Crippen molar-refractivity contribution in [3.8, 4) is 0 Å². The number of hydrogen-bond donors (Lipinski definition) is 1. The zero-order valence-electron chi connectivity index (χ0n) is 19.1. The molecule has 1 N–H and O–H groups in total. The van der Waals surface area contributed by atoms with E-state index in [0.29, 0.717) is 37.3 Å². The van der Waals surface area contributed by atoms with Gasteiger partial charge in [0.05, 0.1) is 6.33 Å². The maximum absolute atomic E-state index is 13.6. The maximum Gasteiger partial charge on any atom is 0.254 e. The Morgan fingerprint density at radius 3 is 2.62 bits per heavy atom. The molecule has 34 heavy (non-hydrogen) atoms. The number of aromatic nitrogens is 3. The van der Waals surface area contributed by atoms with Crippen molar-refractivity contribution in [2.45, 2.75) is 33.0 Å². The van der Waals surface area contributed by atoms with Gasteiger partial charge in [-0.05, 0) is 47.9 Å². The van der Waals surface area contributed by atoms with Gasteiger partial charge in [-0.1, -0.05) is 36.4 Å². The van der Waals surface area contributed by atoms with Crippen molar-refractivity contribution in [2.24, 2.45) is 0 Å². The van der Waals surface area contributed by atoms with Gasteiger partial charge in [0.15, 0.2) is 0 Å². The summed E-state index contributed by atoms with van der Waals surface area (Å²) in [5, 5.41) is 2.89. The highest BCUT2D eigenvalue weighted by Gasteiger charge is 2.18. The van der Waals surface area contributed by atoms with E-state index in [-0.39, 0.29) is 11.8 Å². The van der Waals surface area contributed by atoms with Crippen LogP contribution in [0.5, 0.6) is 0 Å². The lowest BCUT2D eigenvalue weighted by Gasteiger charge is -2.24. The molecule has 172 valence electrons. The van der Waals surface area contributed by atoms with E-state index in [9.17, 15) is 9.59 Å². The molecular formula is C27H27N5O2. The van der Waals surface area contributed by atoms with Gasteiger partial charge < -0.3 is 14.8 Å². The van der Waals surface area contributed by atoms with Gasteiger partial charge in [0, 0.05) is 62.1 Å². The van der Waals surface area contributed by atoms with E-state index in [0.717, 1.165) is 16.7 Å². The van der Waals surface area contributed by atoms with E-state index >= 15 is 0 Å². The molecule has 0 saturated heterocycles. The molecule has 2 amide bonds. The zero-order valence-corrected chi connectivity index (χ0v) is 19.1. The van der Waals surface area contributed by atoms with Gasteiger partial charge in [-0.2, -0.15) is 0 Å². The van der Waals surface area contributed by atoms with Crippen LogP contribution in [0.3, 0.4) is 0 Å². The summed E-state index contributed by atoms with van der Waals surface area (Å²) < 4.78 is 1.85. The Labute approximate surface area is 199 Å². The molecule has 2 aromatic heterocycles. The van der Waals surface area contributed by atoms with Crippen LogP contribution >= 0.6 is 0 Å². The molecule has 0 atom stereocenters. The van der Waals surface area contributed by atoms with Gasteiger partial charge in [0.25, 0.3) is 5.91 Å². The van der Waals surface area contributed by atoms with E-state index in [4.69, 9.17) is 0 Å². The summed E-state index contributed by atoms with van der Waals surface area (Å²) in [7, 11) is 0. The number of imidazole rings is 1. The van der Waals surface area contributed by atoms with Crippen LogP contribution in [-0.2, 0) is 24.4 Å². The number of benzene rings is 2. The number of pyridine rings is 1. The summed E-state index contributed by atoms with van der Waals surface area (Å²) in [5.41, 5.74) is 4.28. The number of aryl methyl sites for hydroxylation is 2. The first kappa shape index (κ1) is 22.9. The lowest BCUT2D eigenvalue weighted by atomic mass is 10.1. The van der Waals surface area contributed by atoms with Crippen molar-refractivity contribution >= 4 is 17.5 Å². The fourth-order valence-electron chi connectivity index (χ4n) is 3.69. The highest BCUT2D eigenvalue weighted by atomic mass is 16.2. The van der Waals surface area contributed by atoms with Crippen molar-refractivity contribution in [1.82, 2.24) is 19.4 Å². The number of rotatable bonds is 9. The second kappa shape index (κ2) is 11.0. The number of hydrogen-bond acceptors (Lipinski definition) is 4. The minimum absolute atomic E-state index is 0.110. The van der Waals surface area contributed by atoms with E-state index < -0.39 is 0 Å². The molecule has 0 aliphatic rings. The standard InChI is InChI=1S/C27H27N5O2/c1-21-6-2-3-8-24(21)19-32(18-22-7-5-12-28-17-22)27(34)23-9-4-10-25(16-23)30-26(33)11-14-31-15-13-29-20-31/h2-10,12-13,15-17,20H,11,14,18-19H2,1H3,(H,30,33). The van der Waals surface area contributed by atoms with Crippen LogP contribution in [0.4, 0.5) is 5.69 Å². The quantitative estimate of drug-likeness (QED) is 0.406. The molecule has 4 rings (SSSR count). The van der Waals surface area contributed by atoms with Gasteiger partial charge in [0.2, 0.25) is 5.91 Å².